The Bertz CT molecular complexity index is 422. The Hall–Kier alpha value is -0.600. The average molecular weight is 234 g/mol. The van der Waals surface area contributed by atoms with E-state index in [9.17, 15) is 10.2 Å². The number of aliphatic hydroxyl groups excluding tert-OH is 1. The quantitative estimate of drug-likeness (QED) is 0.731. The normalized spacial score (nSPS) is 40.9. The van der Waals surface area contributed by atoms with Gasteiger partial charge in [-0.3, -0.25) is 0 Å². The topological polar surface area (TPSA) is 40.5 Å². The van der Waals surface area contributed by atoms with Crippen molar-refractivity contribution in [3.05, 3.63) is 23.3 Å². The van der Waals surface area contributed by atoms with Gasteiger partial charge in [0.05, 0.1) is 12.2 Å². The third-order valence-corrected chi connectivity index (χ3v) is 5.21. The molecule has 0 radical (unpaired) electrons. The summed E-state index contributed by atoms with van der Waals surface area (Å²) in [5.74, 6) is 0.246. The van der Waals surface area contributed by atoms with Crippen molar-refractivity contribution in [3.63, 3.8) is 0 Å². The lowest BCUT2D eigenvalue weighted by Crippen LogP contribution is -2.48. The minimum Gasteiger partial charge on any atom is -0.392 e. The van der Waals surface area contributed by atoms with E-state index in [1.165, 1.54) is 5.57 Å². The molecular weight excluding hydrogens is 212 g/mol. The van der Waals surface area contributed by atoms with Crippen molar-refractivity contribution in [2.24, 2.45) is 16.7 Å². The number of rotatable bonds is 1. The van der Waals surface area contributed by atoms with Gasteiger partial charge in [-0.2, -0.15) is 0 Å². The van der Waals surface area contributed by atoms with Crippen molar-refractivity contribution in [1.82, 2.24) is 0 Å². The standard InChI is InChI=1S/C15H22O2/c1-13(2)7-10-6-11(9-16)15(4-5-15)14(3,17)12(10)8-13/h6-7,12,16-17H,4-5,8-9H2,1-3H3/t12-,14+/m0/s1. The highest BCUT2D eigenvalue weighted by Gasteiger charge is 2.64. The maximum absolute atomic E-state index is 11.0. The molecule has 17 heavy (non-hydrogen) atoms. The number of fused-ring (bicyclic) bond motifs is 1. The molecule has 1 fully saturated rings. The Kier molecular flexibility index (Phi) is 2.06. The molecule has 0 aromatic rings. The van der Waals surface area contributed by atoms with Gasteiger partial charge in [-0.25, -0.2) is 0 Å². The Labute approximate surface area is 103 Å². The van der Waals surface area contributed by atoms with Crippen LogP contribution in [-0.2, 0) is 0 Å². The van der Waals surface area contributed by atoms with Gasteiger partial charge in [-0.1, -0.05) is 26.0 Å². The minimum absolute atomic E-state index is 0.0840. The van der Waals surface area contributed by atoms with Gasteiger partial charge in [0.1, 0.15) is 0 Å². The van der Waals surface area contributed by atoms with Crippen molar-refractivity contribution in [2.45, 2.75) is 45.6 Å². The molecule has 2 atom stereocenters. The second-order valence-electron chi connectivity index (χ2n) is 6.95. The third kappa shape index (κ3) is 1.34. The molecule has 0 aromatic carbocycles. The first kappa shape index (κ1) is 11.5. The summed E-state index contributed by atoms with van der Waals surface area (Å²) in [6.45, 7) is 6.50. The second-order valence-corrected chi connectivity index (χ2v) is 6.95. The Morgan fingerprint density at radius 3 is 2.47 bits per heavy atom. The van der Waals surface area contributed by atoms with Crippen molar-refractivity contribution in [3.8, 4) is 0 Å². The Balaban J connectivity index is 2.10. The maximum atomic E-state index is 11.0. The molecule has 3 aliphatic carbocycles. The fourth-order valence-electron chi connectivity index (χ4n) is 4.07. The fourth-order valence-corrected chi connectivity index (χ4v) is 4.07. The molecule has 0 unspecified atom stereocenters. The minimum atomic E-state index is -0.681. The Morgan fingerprint density at radius 2 is 1.94 bits per heavy atom. The largest absolute Gasteiger partial charge is 0.392 e. The molecule has 3 aliphatic rings. The van der Waals surface area contributed by atoms with Gasteiger partial charge in [0, 0.05) is 11.3 Å². The molecule has 2 nitrogen and oxygen atoms in total. The first-order chi connectivity index (χ1) is 7.82. The van der Waals surface area contributed by atoms with Crippen LogP contribution in [0.15, 0.2) is 23.3 Å². The van der Waals surface area contributed by atoms with Crippen molar-refractivity contribution < 1.29 is 10.2 Å². The van der Waals surface area contributed by atoms with Crippen molar-refractivity contribution in [2.75, 3.05) is 6.61 Å². The highest BCUT2D eigenvalue weighted by Crippen LogP contribution is 2.67. The first-order valence-corrected chi connectivity index (χ1v) is 6.59. The Morgan fingerprint density at radius 1 is 1.29 bits per heavy atom. The van der Waals surface area contributed by atoms with Gasteiger partial charge >= 0.3 is 0 Å². The average Bonchev–Trinajstić information content (AvgIpc) is 2.95. The van der Waals surface area contributed by atoms with Gasteiger partial charge in [0.15, 0.2) is 0 Å². The predicted molar refractivity (Wildman–Crippen MR) is 67.4 cm³/mol. The molecule has 0 saturated heterocycles. The summed E-state index contributed by atoms with van der Waals surface area (Å²) in [4.78, 5) is 0. The second kappa shape index (κ2) is 3.04. The highest BCUT2D eigenvalue weighted by molar-refractivity contribution is 5.46. The summed E-state index contributed by atoms with van der Waals surface area (Å²) in [7, 11) is 0. The zero-order valence-electron chi connectivity index (χ0n) is 11.0. The molecule has 1 spiro atoms. The van der Waals surface area contributed by atoms with Crippen LogP contribution in [0.3, 0.4) is 0 Å². The maximum Gasteiger partial charge on any atom is 0.0781 e. The van der Waals surface area contributed by atoms with E-state index in [2.05, 4.69) is 26.0 Å². The number of allylic oxidation sites excluding steroid dienone is 2. The van der Waals surface area contributed by atoms with Crippen LogP contribution < -0.4 is 0 Å². The van der Waals surface area contributed by atoms with Crippen LogP contribution in [0.2, 0.25) is 0 Å². The van der Waals surface area contributed by atoms with E-state index in [1.807, 2.05) is 6.92 Å². The molecule has 0 amide bonds. The molecule has 0 aromatic heterocycles. The van der Waals surface area contributed by atoms with Gasteiger partial charge < -0.3 is 10.2 Å². The van der Waals surface area contributed by atoms with Gasteiger partial charge in [-0.15, -0.1) is 0 Å². The first-order valence-electron chi connectivity index (χ1n) is 6.59. The number of aliphatic hydroxyl groups is 2. The number of hydrogen-bond acceptors (Lipinski definition) is 2. The lowest BCUT2D eigenvalue weighted by Gasteiger charge is -2.44. The predicted octanol–water partition coefficient (Wildman–Crippen LogP) is 2.42. The lowest BCUT2D eigenvalue weighted by molar-refractivity contribution is -0.0520. The molecule has 0 bridgehead atoms. The zero-order valence-corrected chi connectivity index (χ0v) is 11.0. The highest BCUT2D eigenvalue weighted by atomic mass is 16.3. The molecule has 1 saturated carbocycles. The van der Waals surface area contributed by atoms with Crippen LogP contribution in [-0.4, -0.2) is 22.4 Å². The SMILES string of the molecule is CC1(C)C=C2C=C(CO)C3(CC3)[C@](C)(O)[C@H]2C1. The number of hydrogen-bond donors (Lipinski definition) is 2. The van der Waals surface area contributed by atoms with E-state index in [4.69, 9.17) is 0 Å². The summed E-state index contributed by atoms with van der Waals surface area (Å²) >= 11 is 0. The van der Waals surface area contributed by atoms with Gasteiger partial charge in [0.25, 0.3) is 0 Å². The van der Waals surface area contributed by atoms with E-state index in [0.29, 0.717) is 0 Å². The van der Waals surface area contributed by atoms with Crippen LogP contribution in [0, 0.1) is 16.7 Å². The van der Waals surface area contributed by atoms with Crippen LogP contribution in [0.5, 0.6) is 0 Å². The molecule has 94 valence electrons. The van der Waals surface area contributed by atoms with Crippen LogP contribution >= 0.6 is 0 Å². The third-order valence-electron chi connectivity index (χ3n) is 5.21. The summed E-state index contributed by atoms with van der Waals surface area (Å²) < 4.78 is 0. The summed E-state index contributed by atoms with van der Waals surface area (Å²) in [5, 5.41) is 20.5. The zero-order chi connectivity index (χ0) is 12.5. The van der Waals surface area contributed by atoms with E-state index in [-0.39, 0.29) is 23.4 Å². The summed E-state index contributed by atoms with van der Waals surface area (Å²) in [6, 6.07) is 0. The van der Waals surface area contributed by atoms with E-state index in [0.717, 1.165) is 24.8 Å². The molecule has 0 heterocycles. The van der Waals surface area contributed by atoms with Crippen LogP contribution in [0.1, 0.15) is 40.0 Å². The van der Waals surface area contributed by atoms with E-state index in [1.54, 1.807) is 0 Å². The smallest absolute Gasteiger partial charge is 0.0781 e. The molecule has 2 N–H and O–H groups in total. The monoisotopic (exact) mass is 234 g/mol. The molecule has 2 heteroatoms. The van der Waals surface area contributed by atoms with E-state index >= 15 is 0 Å². The van der Waals surface area contributed by atoms with Crippen LogP contribution in [0.25, 0.3) is 0 Å². The summed E-state index contributed by atoms with van der Waals surface area (Å²) in [6.07, 6.45) is 7.50. The van der Waals surface area contributed by atoms with Gasteiger partial charge in [0.2, 0.25) is 0 Å². The van der Waals surface area contributed by atoms with Crippen molar-refractivity contribution >= 4 is 0 Å². The molecular formula is C15H22O2. The lowest BCUT2D eigenvalue weighted by atomic mass is 9.64. The van der Waals surface area contributed by atoms with Gasteiger partial charge in [-0.05, 0) is 42.7 Å². The van der Waals surface area contributed by atoms with Crippen molar-refractivity contribution in [1.29, 1.82) is 0 Å². The van der Waals surface area contributed by atoms with E-state index < -0.39 is 5.60 Å². The summed E-state index contributed by atoms with van der Waals surface area (Å²) in [5.41, 5.74) is 1.65. The molecule has 3 rings (SSSR count). The fraction of sp³-hybridized carbons (Fsp3) is 0.733. The van der Waals surface area contributed by atoms with Crippen LogP contribution in [0.4, 0.5) is 0 Å². The molecule has 0 aliphatic heterocycles.